The molecule has 0 bridgehead atoms. The Morgan fingerprint density at radius 3 is 2.38 bits per heavy atom. The molecule has 0 aliphatic heterocycles. The highest BCUT2D eigenvalue weighted by Gasteiger charge is 2.09. The standard InChI is InChI=1S/C15H17FN2O2S/c1-21(19,20)13-6-7-15(14(17)10-13)18-9-8-11-2-4-12(16)5-3-11/h2-7,10,18H,8-9,17H2,1H3. The third-order valence-electron chi connectivity index (χ3n) is 3.09. The van der Waals surface area contributed by atoms with Crippen molar-refractivity contribution >= 4 is 21.2 Å². The lowest BCUT2D eigenvalue weighted by Crippen LogP contribution is -2.08. The summed E-state index contributed by atoms with van der Waals surface area (Å²) in [5.74, 6) is -0.257. The van der Waals surface area contributed by atoms with Crippen LogP contribution in [0.4, 0.5) is 15.8 Å². The van der Waals surface area contributed by atoms with Crippen LogP contribution in [0.2, 0.25) is 0 Å². The monoisotopic (exact) mass is 308 g/mol. The van der Waals surface area contributed by atoms with Crippen molar-refractivity contribution in [2.45, 2.75) is 11.3 Å². The lowest BCUT2D eigenvalue weighted by atomic mass is 10.1. The van der Waals surface area contributed by atoms with Crippen LogP contribution in [0.1, 0.15) is 5.56 Å². The summed E-state index contributed by atoms with van der Waals surface area (Å²) in [5, 5.41) is 3.14. The fraction of sp³-hybridized carbons (Fsp3) is 0.200. The van der Waals surface area contributed by atoms with Crippen molar-refractivity contribution in [2.75, 3.05) is 23.9 Å². The van der Waals surface area contributed by atoms with Crippen LogP contribution in [0.5, 0.6) is 0 Å². The molecule has 0 heterocycles. The molecule has 0 spiro atoms. The van der Waals surface area contributed by atoms with Gasteiger partial charge >= 0.3 is 0 Å². The summed E-state index contributed by atoms with van der Waals surface area (Å²) in [7, 11) is -3.25. The van der Waals surface area contributed by atoms with E-state index in [1.165, 1.54) is 24.3 Å². The molecule has 0 unspecified atom stereocenters. The van der Waals surface area contributed by atoms with Gasteiger partial charge in [0.2, 0.25) is 0 Å². The second-order valence-corrected chi connectivity index (χ2v) is 6.84. The number of anilines is 2. The summed E-state index contributed by atoms with van der Waals surface area (Å²) in [6.45, 7) is 0.619. The average molecular weight is 308 g/mol. The first-order valence-electron chi connectivity index (χ1n) is 6.44. The molecule has 0 aromatic heterocycles. The molecule has 0 saturated heterocycles. The van der Waals surface area contributed by atoms with Crippen molar-refractivity contribution in [2.24, 2.45) is 0 Å². The lowest BCUT2D eigenvalue weighted by molar-refractivity contribution is 0.602. The molecule has 0 amide bonds. The van der Waals surface area contributed by atoms with E-state index < -0.39 is 9.84 Å². The zero-order valence-corrected chi connectivity index (χ0v) is 12.5. The second kappa shape index (κ2) is 6.13. The number of hydrogen-bond acceptors (Lipinski definition) is 4. The molecule has 2 rings (SSSR count). The molecule has 2 aromatic rings. The predicted molar refractivity (Wildman–Crippen MR) is 82.6 cm³/mol. The summed E-state index contributed by atoms with van der Waals surface area (Å²) >= 11 is 0. The predicted octanol–water partition coefficient (Wildman–Crippen LogP) is 2.47. The van der Waals surface area contributed by atoms with E-state index in [0.29, 0.717) is 24.3 Å². The van der Waals surface area contributed by atoms with Crippen molar-refractivity contribution in [3.05, 3.63) is 53.8 Å². The Morgan fingerprint density at radius 1 is 1.14 bits per heavy atom. The van der Waals surface area contributed by atoms with Gasteiger partial charge in [-0.2, -0.15) is 0 Å². The van der Waals surface area contributed by atoms with Crippen LogP contribution < -0.4 is 11.1 Å². The van der Waals surface area contributed by atoms with Gasteiger partial charge in [0, 0.05) is 12.8 Å². The summed E-state index contributed by atoms with van der Waals surface area (Å²) < 4.78 is 35.6. The Labute approximate surface area is 123 Å². The highest BCUT2D eigenvalue weighted by atomic mass is 32.2. The van der Waals surface area contributed by atoms with E-state index in [0.717, 1.165) is 11.8 Å². The minimum atomic E-state index is -3.25. The van der Waals surface area contributed by atoms with Crippen LogP contribution in [0.3, 0.4) is 0 Å². The maximum absolute atomic E-state index is 12.8. The minimum Gasteiger partial charge on any atom is -0.397 e. The number of nitrogens with one attached hydrogen (secondary N) is 1. The average Bonchev–Trinajstić information content (AvgIpc) is 2.41. The number of nitrogens with two attached hydrogens (primary N) is 1. The van der Waals surface area contributed by atoms with Crippen LogP contribution in [0, 0.1) is 5.82 Å². The molecule has 0 fully saturated rings. The molecule has 0 aliphatic carbocycles. The second-order valence-electron chi connectivity index (χ2n) is 4.82. The van der Waals surface area contributed by atoms with Crippen molar-refractivity contribution in [3.63, 3.8) is 0 Å². The van der Waals surface area contributed by atoms with E-state index in [1.54, 1.807) is 18.2 Å². The smallest absolute Gasteiger partial charge is 0.175 e. The molecule has 6 heteroatoms. The maximum Gasteiger partial charge on any atom is 0.175 e. The van der Waals surface area contributed by atoms with E-state index >= 15 is 0 Å². The fourth-order valence-electron chi connectivity index (χ4n) is 1.93. The van der Waals surface area contributed by atoms with Crippen molar-refractivity contribution < 1.29 is 12.8 Å². The number of nitrogen functional groups attached to an aromatic ring is 1. The zero-order valence-electron chi connectivity index (χ0n) is 11.6. The van der Waals surface area contributed by atoms with Gasteiger partial charge in [0.25, 0.3) is 0 Å². The minimum absolute atomic E-state index is 0.198. The van der Waals surface area contributed by atoms with Crippen LogP contribution in [0.25, 0.3) is 0 Å². The van der Waals surface area contributed by atoms with E-state index in [4.69, 9.17) is 5.73 Å². The summed E-state index contributed by atoms with van der Waals surface area (Å²) in [4.78, 5) is 0.198. The summed E-state index contributed by atoms with van der Waals surface area (Å²) in [6.07, 6.45) is 1.86. The molecule has 2 aromatic carbocycles. The molecule has 0 aliphatic rings. The van der Waals surface area contributed by atoms with Crippen LogP contribution in [0.15, 0.2) is 47.4 Å². The number of sulfone groups is 1. The van der Waals surface area contributed by atoms with Crippen molar-refractivity contribution in [1.82, 2.24) is 0 Å². The SMILES string of the molecule is CS(=O)(=O)c1ccc(NCCc2ccc(F)cc2)c(N)c1. The summed E-state index contributed by atoms with van der Waals surface area (Å²) in [5.41, 5.74) is 7.92. The molecule has 112 valence electrons. The Bertz CT molecular complexity index is 728. The van der Waals surface area contributed by atoms with Gasteiger partial charge in [-0.05, 0) is 42.3 Å². The number of hydrogen-bond donors (Lipinski definition) is 2. The third kappa shape index (κ3) is 4.19. The van der Waals surface area contributed by atoms with Gasteiger partial charge in [0.05, 0.1) is 16.3 Å². The van der Waals surface area contributed by atoms with Gasteiger partial charge in [0.1, 0.15) is 5.82 Å². The van der Waals surface area contributed by atoms with Crippen molar-refractivity contribution in [3.8, 4) is 0 Å². The molecular weight excluding hydrogens is 291 g/mol. The summed E-state index contributed by atoms with van der Waals surface area (Å²) in [6, 6.07) is 10.9. The number of rotatable bonds is 5. The van der Waals surface area contributed by atoms with Crippen molar-refractivity contribution in [1.29, 1.82) is 0 Å². The lowest BCUT2D eigenvalue weighted by Gasteiger charge is -2.10. The highest BCUT2D eigenvalue weighted by molar-refractivity contribution is 7.90. The Kier molecular flexibility index (Phi) is 4.47. The van der Waals surface area contributed by atoms with Gasteiger partial charge < -0.3 is 11.1 Å². The third-order valence-corrected chi connectivity index (χ3v) is 4.20. The van der Waals surface area contributed by atoms with Gasteiger partial charge in [-0.3, -0.25) is 0 Å². The fourth-order valence-corrected chi connectivity index (χ4v) is 2.58. The normalized spacial score (nSPS) is 11.3. The quantitative estimate of drug-likeness (QED) is 0.832. The molecule has 21 heavy (non-hydrogen) atoms. The Balaban J connectivity index is 1.99. The first-order chi connectivity index (χ1) is 9.86. The molecule has 0 atom stereocenters. The molecule has 0 saturated carbocycles. The van der Waals surface area contributed by atoms with Gasteiger partial charge in [-0.25, -0.2) is 12.8 Å². The van der Waals surface area contributed by atoms with E-state index in [1.807, 2.05) is 0 Å². The molecular formula is C15H17FN2O2S. The van der Waals surface area contributed by atoms with Crippen LogP contribution in [-0.4, -0.2) is 21.2 Å². The Morgan fingerprint density at radius 2 is 1.81 bits per heavy atom. The number of halogens is 1. The maximum atomic E-state index is 12.8. The van der Waals surface area contributed by atoms with Crippen LogP contribution >= 0.6 is 0 Å². The molecule has 4 nitrogen and oxygen atoms in total. The zero-order chi connectivity index (χ0) is 15.5. The first kappa shape index (κ1) is 15.3. The molecule has 3 N–H and O–H groups in total. The van der Waals surface area contributed by atoms with E-state index in [-0.39, 0.29) is 10.7 Å². The largest absolute Gasteiger partial charge is 0.397 e. The molecule has 0 radical (unpaired) electrons. The van der Waals surface area contributed by atoms with Gasteiger partial charge in [-0.1, -0.05) is 12.1 Å². The number of benzene rings is 2. The van der Waals surface area contributed by atoms with Gasteiger partial charge in [-0.15, -0.1) is 0 Å². The highest BCUT2D eigenvalue weighted by Crippen LogP contribution is 2.22. The Hall–Kier alpha value is -2.08. The first-order valence-corrected chi connectivity index (χ1v) is 8.33. The van der Waals surface area contributed by atoms with E-state index in [9.17, 15) is 12.8 Å². The van der Waals surface area contributed by atoms with E-state index in [2.05, 4.69) is 5.32 Å². The van der Waals surface area contributed by atoms with Gasteiger partial charge in [0.15, 0.2) is 9.84 Å². The van der Waals surface area contributed by atoms with Crippen LogP contribution in [-0.2, 0) is 16.3 Å². The topological polar surface area (TPSA) is 72.2 Å².